The number of pyridine rings is 2. The largest absolute Gasteiger partial charge is 0.367 e. The first-order chi connectivity index (χ1) is 11.5. The number of nitrogens with two attached hydrogens (primary N) is 1. The molecule has 6 heteroatoms. The van der Waals surface area contributed by atoms with E-state index in [1.165, 1.54) is 11.3 Å². The van der Waals surface area contributed by atoms with Crippen LogP contribution in [0.3, 0.4) is 0 Å². The van der Waals surface area contributed by atoms with Gasteiger partial charge in [-0.3, -0.25) is 9.78 Å². The molecule has 6 nitrogen and oxygen atoms in total. The lowest BCUT2D eigenvalue weighted by molar-refractivity contribution is 0.100. The number of aromatic nitrogens is 2. The van der Waals surface area contributed by atoms with Crippen LogP contribution in [0.1, 0.15) is 41.9 Å². The van der Waals surface area contributed by atoms with Gasteiger partial charge in [0.1, 0.15) is 11.6 Å². The molecule has 0 unspecified atom stereocenters. The Morgan fingerprint density at radius 2 is 2.17 bits per heavy atom. The van der Waals surface area contributed by atoms with E-state index >= 15 is 0 Å². The number of rotatable bonds is 5. The lowest BCUT2D eigenvalue weighted by atomic mass is 9.92. The van der Waals surface area contributed by atoms with E-state index in [1.54, 1.807) is 6.07 Å². The summed E-state index contributed by atoms with van der Waals surface area (Å²) in [6, 6.07) is 8.11. The van der Waals surface area contributed by atoms with Crippen LogP contribution in [0.4, 0.5) is 11.6 Å². The molecule has 1 aliphatic rings. The number of hydrogen-bond acceptors (Lipinski definition) is 5. The quantitative estimate of drug-likeness (QED) is 0.785. The van der Waals surface area contributed by atoms with E-state index in [9.17, 15) is 4.79 Å². The third-order valence-electron chi connectivity index (χ3n) is 4.12. The average Bonchev–Trinajstić information content (AvgIpc) is 2.54. The van der Waals surface area contributed by atoms with Crippen LogP contribution in [0, 0.1) is 0 Å². The van der Waals surface area contributed by atoms with Crippen LogP contribution in [0.15, 0.2) is 30.5 Å². The van der Waals surface area contributed by atoms with Crippen molar-refractivity contribution in [2.24, 2.45) is 5.73 Å². The summed E-state index contributed by atoms with van der Waals surface area (Å²) in [7, 11) is 0. The minimum Gasteiger partial charge on any atom is -0.367 e. The van der Waals surface area contributed by atoms with Gasteiger partial charge in [0, 0.05) is 24.0 Å². The van der Waals surface area contributed by atoms with Gasteiger partial charge in [0.15, 0.2) is 0 Å². The van der Waals surface area contributed by atoms with Gasteiger partial charge in [0.05, 0.1) is 5.56 Å². The van der Waals surface area contributed by atoms with Crippen molar-refractivity contribution in [3.8, 4) is 0 Å². The molecule has 1 aliphatic carbocycles. The molecule has 0 aliphatic heterocycles. The number of carbonyl (C=O) groups excluding carboxylic acids is 1. The predicted molar refractivity (Wildman–Crippen MR) is 95.2 cm³/mol. The highest BCUT2D eigenvalue weighted by molar-refractivity contribution is 5.97. The second-order valence-electron chi connectivity index (χ2n) is 6.45. The topological polar surface area (TPSA) is 92.9 Å². The van der Waals surface area contributed by atoms with E-state index in [0.717, 1.165) is 25.1 Å². The SMILES string of the molecule is CC(C)Nc1nc(N[C@@H]2CCc3ncccc3C2)ccc1C(N)=O. The minimum atomic E-state index is -0.477. The fraction of sp³-hybridized carbons (Fsp3) is 0.389. The van der Waals surface area contributed by atoms with Gasteiger partial charge in [-0.2, -0.15) is 0 Å². The van der Waals surface area contributed by atoms with Crippen LogP contribution >= 0.6 is 0 Å². The van der Waals surface area contributed by atoms with E-state index in [4.69, 9.17) is 5.73 Å². The maximum absolute atomic E-state index is 11.6. The lowest BCUT2D eigenvalue weighted by Crippen LogP contribution is -2.28. The predicted octanol–water partition coefficient (Wildman–Crippen LogP) is 2.37. The zero-order chi connectivity index (χ0) is 17.1. The van der Waals surface area contributed by atoms with Crippen molar-refractivity contribution in [3.63, 3.8) is 0 Å². The fourth-order valence-corrected chi connectivity index (χ4v) is 3.01. The summed E-state index contributed by atoms with van der Waals surface area (Å²) in [5, 5.41) is 6.66. The standard InChI is InChI=1S/C18H23N5O/c1-11(2)21-18-14(17(19)24)6-8-16(23-18)22-13-5-7-15-12(10-13)4-3-9-20-15/h3-4,6,8-9,11,13H,5,7,10H2,1-2H3,(H2,19,24)(H2,21,22,23)/t13-/m1/s1. The van der Waals surface area contributed by atoms with Crippen LogP contribution in [-0.2, 0) is 12.8 Å². The van der Waals surface area contributed by atoms with E-state index in [-0.39, 0.29) is 6.04 Å². The van der Waals surface area contributed by atoms with Crippen molar-refractivity contribution >= 4 is 17.5 Å². The molecule has 0 spiro atoms. The Balaban J connectivity index is 1.77. The van der Waals surface area contributed by atoms with Crippen molar-refractivity contribution in [1.29, 1.82) is 0 Å². The number of nitrogens with zero attached hydrogens (tertiary/aromatic N) is 2. The number of hydrogen-bond donors (Lipinski definition) is 3. The molecule has 2 aromatic heterocycles. The number of carbonyl (C=O) groups is 1. The highest BCUT2D eigenvalue weighted by Gasteiger charge is 2.20. The highest BCUT2D eigenvalue weighted by Crippen LogP contribution is 2.23. The molecule has 0 radical (unpaired) electrons. The summed E-state index contributed by atoms with van der Waals surface area (Å²) in [4.78, 5) is 20.5. The second-order valence-corrected chi connectivity index (χ2v) is 6.45. The molecular weight excluding hydrogens is 302 g/mol. The first-order valence-corrected chi connectivity index (χ1v) is 8.29. The first-order valence-electron chi connectivity index (χ1n) is 8.29. The Labute approximate surface area is 141 Å². The molecule has 0 saturated heterocycles. The van der Waals surface area contributed by atoms with Gasteiger partial charge in [0.25, 0.3) is 5.91 Å². The van der Waals surface area contributed by atoms with Gasteiger partial charge in [0.2, 0.25) is 0 Å². The number of amides is 1. The summed E-state index contributed by atoms with van der Waals surface area (Å²) in [6.45, 7) is 4.00. The Kier molecular flexibility index (Phi) is 4.64. The van der Waals surface area contributed by atoms with Crippen molar-refractivity contribution in [2.45, 2.75) is 45.2 Å². The van der Waals surface area contributed by atoms with Gasteiger partial charge in [-0.1, -0.05) is 6.07 Å². The van der Waals surface area contributed by atoms with E-state index < -0.39 is 5.91 Å². The van der Waals surface area contributed by atoms with Gasteiger partial charge in [-0.05, 0) is 56.9 Å². The molecule has 2 aromatic rings. The number of anilines is 2. The maximum Gasteiger partial charge on any atom is 0.252 e. The average molecular weight is 325 g/mol. The third kappa shape index (κ3) is 3.64. The van der Waals surface area contributed by atoms with E-state index in [0.29, 0.717) is 17.4 Å². The summed E-state index contributed by atoms with van der Waals surface area (Å²) < 4.78 is 0. The smallest absolute Gasteiger partial charge is 0.252 e. The van der Waals surface area contributed by atoms with Crippen molar-refractivity contribution in [1.82, 2.24) is 9.97 Å². The fourth-order valence-electron chi connectivity index (χ4n) is 3.01. The first kappa shape index (κ1) is 16.2. The molecule has 1 amide bonds. The van der Waals surface area contributed by atoms with Gasteiger partial charge in [-0.25, -0.2) is 4.98 Å². The zero-order valence-corrected chi connectivity index (χ0v) is 14.0. The number of aryl methyl sites for hydroxylation is 1. The number of fused-ring (bicyclic) bond motifs is 1. The van der Waals surface area contributed by atoms with Gasteiger partial charge >= 0.3 is 0 Å². The van der Waals surface area contributed by atoms with Gasteiger partial charge in [-0.15, -0.1) is 0 Å². The molecule has 3 rings (SSSR count). The Bertz CT molecular complexity index is 744. The molecule has 126 valence electrons. The Morgan fingerprint density at radius 3 is 2.92 bits per heavy atom. The lowest BCUT2D eigenvalue weighted by Gasteiger charge is -2.25. The van der Waals surface area contributed by atoms with Crippen LogP contribution < -0.4 is 16.4 Å². The van der Waals surface area contributed by atoms with Crippen molar-refractivity contribution in [3.05, 3.63) is 47.3 Å². The van der Waals surface area contributed by atoms with Crippen LogP contribution in [0.5, 0.6) is 0 Å². The summed E-state index contributed by atoms with van der Waals surface area (Å²) >= 11 is 0. The molecule has 4 N–H and O–H groups in total. The highest BCUT2D eigenvalue weighted by atomic mass is 16.1. The van der Waals surface area contributed by atoms with E-state index in [2.05, 4.69) is 26.7 Å². The summed E-state index contributed by atoms with van der Waals surface area (Å²) in [5.74, 6) is 0.802. The Morgan fingerprint density at radius 1 is 1.33 bits per heavy atom. The molecule has 0 bridgehead atoms. The second kappa shape index (κ2) is 6.86. The Hall–Kier alpha value is -2.63. The molecule has 0 saturated carbocycles. The van der Waals surface area contributed by atoms with Crippen molar-refractivity contribution < 1.29 is 4.79 Å². The summed E-state index contributed by atoms with van der Waals surface area (Å²) in [6.07, 6.45) is 4.75. The monoisotopic (exact) mass is 325 g/mol. The van der Waals surface area contributed by atoms with Crippen molar-refractivity contribution in [2.75, 3.05) is 10.6 Å². The minimum absolute atomic E-state index is 0.165. The molecule has 2 heterocycles. The molecule has 24 heavy (non-hydrogen) atoms. The maximum atomic E-state index is 11.6. The summed E-state index contributed by atoms with van der Waals surface area (Å²) in [5.41, 5.74) is 8.32. The van der Waals surface area contributed by atoms with Gasteiger partial charge < -0.3 is 16.4 Å². The zero-order valence-electron chi connectivity index (χ0n) is 14.0. The molecular formula is C18H23N5O. The molecule has 1 atom stereocenters. The third-order valence-corrected chi connectivity index (χ3v) is 4.12. The van der Waals surface area contributed by atoms with E-state index in [1.807, 2.05) is 32.2 Å². The van der Waals surface area contributed by atoms with Crippen LogP contribution in [-0.4, -0.2) is 28.0 Å². The number of primary amides is 1. The normalized spacial score (nSPS) is 16.5. The van der Waals surface area contributed by atoms with Crippen LogP contribution in [0.25, 0.3) is 0 Å². The van der Waals surface area contributed by atoms with Crippen LogP contribution in [0.2, 0.25) is 0 Å². The molecule has 0 fully saturated rings. The number of nitrogens with one attached hydrogen (secondary N) is 2. The molecule has 0 aromatic carbocycles.